The van der Waals surface area contributed by atoms with Crippen LogP contribution in [0.25, 0.3) is 6.08 Å². The molecule has 0 radical (unpaired) electrons. The average molecular weight is 757 g/mol. The summed E-state index contributed by atoms with van der Waals surface area (Å²) in [5.74, 6) is -6.79. The first-order valence-electron chi connectivity index (χ1n) is 19.2. The molecule has 3 aliphatic heterocycles. The summed E-state index contributed by atoms with van der Waals surface area (Å²) >= 11 is 0. The Labute approximate surface area is 318 Å². The quantitative estimate of drug-likeness (QED) is 0.251. The van der Waals surface area contributed by atoms with Gasteiger partial charge in [-0.2, -0.15) is 0 Å². The summed E-state index contributed by atoms with van der Waals surface area (Å²) in [7, 11) is 3.04. The number of carbonyl (C=O) groups excluding carboxylic acids is 4. The van der Waals surface area contributed by atoms with E-state index in [1.54, 1.807) is 32.1 Å². The molecular weight excluding hydrogens is 696 g/mol. The monoisotopic (exact) mass is 756 g/mol. The summed E-state index contributed by atoms with van der Waals surface area (Å²) in [4.78, 5) is 57.1. The molecule has 2 bridgehead atoms. The number of nitrogens with zero attached hydrogens (tertiary/aromatic N) is 1. The Morgan fingerprint density at radius 1 is 1.06 bits per heavy atom. The number of esters is 1. The van der Waals surface area contributed by atoms with Crippen LogP contribution in [0.2, 0.25) is 0 Å². The van der Waals surface area contributed by atoms with Gasteiger partial charge in [-0.05, 0) is 92.5 Å². The summed E-state index contributed by atoms with van der Waals surface area (Å²) in [6, 6.07) is 3.91. The first-order valence-corrected chi connectivity index (χ1v) is 19.2. The summed E-state index contributed by atoms with van der Waals surface area (Å²) in [5.41, 5.74) is 8.16. The number of fused-ring (bicyclic) bond motifs is 3. The number of ketones is 2. The number of rotatable bonds is 5. The van der Waals surface area contributed by atoms with E-state index in [4.69, 9.17) is 24.7 Å². The molecule has 13 heteroatoms. The molecule has 2 saturated heterocycles. The van der Waals surface area contributed by atoms with Crippen molar-refractivity contribution >= 4 is 29.5 Å². The van der Waals surface area contributed by atoms with Gasteiger partial charge in [0.05, 0.1) is 24.4 Å². The van der Waals surface area contributed by atoms with Gasteiger partial charge < -0.3 is 44.9 Å². The molecule has 300 valence electrons. The van der Waals surface area contributed by atoms with Gasteiger partial charge in [-0.25, -0.2) is 4.79 Å². The zero-order chi connectivity index (χ0) is 39.9. The maximum absolute atomic E-state index is 14.1. The van der Waals surface area contributed by atoms with Gasteiger partial charge >= 0.3 is 5.97 Å². The minimum absolute atomic E-state index is 0.0126. The number of nitrogens with two attached hydrogens (primary N) is 1. The van der Waals surface area contributed by atoms with Gasteiger partial charge in [0.25, 0.3) is 11.7 Å². The smallest absolute Gasteiger partial charge is 0.329 e. The lowest BCUT2D eigenvalue weighted by Crippen LogP contribution is -2.64. The lowest BCUT2D eigenvalue weighted by Gasteiger charge is -2.47. The van der Waals surface area contributed by atoms with Crippen molar-refractivity contribution in [2.24, 2.45) is 23.5 Å². The number of aliphatic hydroxyl groups excluding tert-OH is 1. The molecule has 3 heterocycles. The number of benzene rings is 1. The number of allylic oxidation sites excluding steroid dienone is 2. The number of cyclic esters (lactones) is 1. The van der Waals surface area contributed by atoms with Crippen molar-refractivity contribution in [3.05, 3.63) is 47.1 Å². The maximum atomic E-state index is 14.1. The Morgan fingerprint density at radius 3 is 2.39 bits per heavy atom. The zero-order valence-corrected chi connectivity index (χ0v) is 32.7. The number of aromatic hydroxyl groups is 1. The second-order valence-electron chi connectivity index (χ2n) is 15.5. The van der Waals surface area contributed by atoms with Gasteiger partial charge in [-0.3, -0.25) is 14.4 Å². The van der Waals surface area contributed by atoms with Crippen LogP contribution in [0.3, 0.4) is 0 Å². The largest absolute Gasteiger partial charge is 0.508 e. The predicted octanol–water partition coefficient (Wildman–Crippen LogP) is 3.85. The fourth-order valence-corrected chi connectivity index (χ4v) is 8.18. The first kappa shape index (κ1) is 43.3. The van der Waals surface area contributed by atoms with Crippen molar-refractivity contribution in [1.82, 2.24) is 4.90 Å². The summed E-state index contributed by atoms with van der Waals surface area (Å²) < 4.78 is 23.9. The van der Waals surface area contributed by atoms with E-state index in [1.165, 1.54) is 26.4 Å². The SMILES string of the molecule is CC/C1=C\C(C)CC(C)CC(OC)C2OC(O)(C(=O)C(=O)N3CCCCC3C(=O)OC(C(C)=Cc3cccc(O)c3)C(N)C(O)CC1=O)C(C)CC2OC. The van der Waals surface area contributed by atoms with E-state index in [2.05, 4.69) is 0 Å². The molecule has 3 aliphatic rings. The molecule has 4 rings (SSSR count). The maximum Gasteiger partial charge on any atom is 0.329 e. The third kappa shape index (κ3) is 10.0. The number of Topliss-reactive ketones (excluding diaryl/α,β-unsaturated/α-hetero) is 2. The predicted molar refractivity (Wildman–Crippen MR) is 201 cm³/mol. The van der Waals surface area contributed by atoms with Crippen LogP contribution >= 0.6 is 0 Å². The van der Waals surface area contributed by atoms with Crippen LogP contribution in [0.1, 0.15) is 91.5 Å². The van der Waals surface area contributed by atoms with Gasteiger partial charge in [0.2, 0.25) is 5.79 Å². The van der Waals surface area contributed by atoms with Crippen molar-refractivity contribution in [3.63, 3.8) is 0 Å². The molecule has 11 atom stereocenters. The molecule has 11 unspecified atom stereocenters. The van der Waals surface area contributed by atoms with Gasteiger partial charge in [0, 0.05) is 33.1 Å². The Morgan fingerprint density at radius 2 is 1.74 bits per heavy atom. The van der Waals surface area contributed by atoms with E-state index in [0.29, 0.717) is 48.8 Å². The van der Waals surface area contributed by atoms with E-state index < -0.39 is 72.0 Å². The number of methoxy groups -OCH3 is 2. The molecular formula is C41H60N2O11. The highest BCUT2D eigenvalue weighted by atomic mass is 16.7. The molecule has 5 N–H and O–H groups in total. The number of piperidine rings is 1. The molecule has 0 aliphatic carbocycles. The number of hydrogen-bond acceptors (Lipinski definition) is 12. The number of carbonyl (C=O) groups is 4. The molecule has 54 heavy (non-hydrogen) atoms. The number of phenols is 1. The van der Waals surface area contributed by atoms with Gasteiger partial charge in [0.1, 0.15) is 24.0 Å². The fourth-order valence-electron chi connectivity index (χ4n) is 8.18. The van der Waals surface area contributed by atoms with Crippen LogP contribution in [0.5, 0.6) is 5.75 Å². The normalized spacial score (nSPS) is 36.7. The van der Waals surface area contributed by atoms with Crippen LogP contribution in [-0.4, -0.2) is 113 Å². The highest BCUT2D eigenvalue weighted by molar-refractivity contribution is 6.39. The number of phenolic OH excluding ortho intramolecular Hbond substituents is 1. The summed E-state index contributed by atoms with van der Waals surface area (Å²) in [5, 5.41) is 33.4. The molecule has 13 nitrogen and oxygen atoms in total. The van der Waals surface area contributed by atoms with Crippen LogP contribution < -0.4 is 5.73 Å². The summed E-state index contributed by atoms with van der Waals surface area (Å²) in [6.45, 7) is 9.22. The molecule has 1 amide bonds. The van der Waals surface area contributed by atoms with Crippen LogP contribution in [0.4, 0.5) is 0 Å². The summed E-state index contributed by atoms with van der Waals surface area (Å²) in [6.07, 6.45) is 1.46. The first-order chi connectivity index (χ1) is 25.5. The van der Waals surface area contributed by atoms with Crippen molar-refractivity contribution < 1.29 is 53.4 Å². The van der Waals surface area contributed by atoms with E-state index in [9.17, 15) is 34.5 Å². The van der Waals surface area contributed by atoms with Crippen molar-refractivity contribution in [3.8, 4) is 5.75 Å². The third-order valence-electron chi connectivity index (χ3n) is 11.2. The van der Waals surface area contributed by atoms with Crippen molar-refractivity contribution in [2.45, 2.75) is 134 Å². The van der Waals surface area contributed by atoms with Crippen molar-refractivity contribution in [2.75, 3.05) is 20.8 Å². The molecule has 0 spiro atoms. The third-order valence-corrected chi connectivity index (χ3v) is 11.2. The Kier molecular flexibility index (Phi) is 15.2. The number of ether oxygens (including phenoxy) is 4. The zero-order valence-electron chi connectivity index (χ0n) is 32.7. The molecule has 2 fully saturated rings. The Hall–Kier alpha value is -3.46. The molecule has 0 saturated carbocycles. The lowest BCUT2D eigenvalue weighted by atomic mass is 9.81. The van der Waals surface area contributed by atoms with E-state index >= 15 is 0 Å². The van der Waals surface area contributed by atoms with Gasteiger partial charge in [-0.1, -0.05) is 52.0 Å². The van der Waals surface area contributed by atoms with Crippen molar-refractivity contribution in [1.29, 1.82) is 0 Å². The number of hydrogen-bond donors (Lipinski definition) is 4. The van der Waals surface area contributed by atoms with E-state index in [1.807, 2.05) is 26.8 Å². The highest BCUT2D eigenvalue weighted by Crippen LogP contribution is 2.39. The topological polar surface area (TPSA) is 195 Å². The van der Waals surface area contributed by atoms with Crippen LogP contribution in [0, 0.1) is 17.8 Å². The fraction of sp³-hybridized carbons (Fsp3) is 0.659. The van der Waals surface area contributed by atoms with Gasteiger partial charge in [-0.15, -0.1) is 0 Å². The minimum atomic E-state index is -2.52. The molecule has 0 aromatic heterocycles. The second-order valence-corrected chi connectivity index (χ2v) is 15.5. The highest BCUT2D eigenvalue weighted by Gasteiger charge is 2.56. The average Bonchev–Trinajstić information content (AvgIpc) is 3.14. The number of amides is 1. The van der Waals surface area contributed by atoms with Gasteiger partial charge in [0.15, 0.2) is 5.78 Å². The van der Waals surface area contributed by atoms with Crippen LogP contribution in [0.15, 0.2) is 41.5 Å². The number of aliphatic hydroxyl groups is 2. The minimum Gasteiger partial charge on any atom is -0.508 e. The Balaban J connectivity index is 1.79. The Bertz CT molecular complexity index is 1560. The van der Waals surface area contributed by atoms with Crippen LogP contribution in [-0.2, 0) is 38.1 Å². The van der Waals surface area contributed by atoms with E-state index in [-0.39, 0.29) is 49.2 Å². The lowest BCUT2D eigenvalue weighted by molar-refractivity contribution is -0.302. The molecule has 1 aromatic rings. The molecule has 1 aromatic carbocycles. The van der Waals surface area contributed by atoms with E-state index in [0.717, 1.165) is 4.90 Å². The standard InChI is InChI=1S/C41H60N2O11/c1-8-28-17-23(2)16-24(3)18-33(51-6)37-34(52-7)20-26(5)41(50,54-37)38(47)39(48)43-15-10-9-14-30(43)40(49)53-36(35(42)32(46)22-31(28)45)25(4)19-27-12-11-13-29(44)21-27/h11-13,17,19,21,23-24,26,30,32-37,44,46,50H,8-10,14-16,18,20,22,42H2,1-7H3/b25-19?,28-17+. The second kappa shape index (κ2) is 18.9.